The van der Waals surface area contributed by atoms with Crippen molar-refractivity contribution in [2.24, 2.45) is 0 Å². The third-order valence-electron chi connectivity index (χ3n) is 3.19. The molecule has 5 nitrogen and oxygen atoms in total. The van der Waals surface area contributed by atoms with Crippen LogP contribution in [0.2, 0.25) is 5.02 Å². The standard InChI is InChI=1S/C18H13ClN2O3/c1-2-23-18(22)14(11-21)12-6-5-9-16(13(12)10-20)24-17-8-4-3-7-15(17)19/h3-9,14H,2H2,1H3. The first-order chi connectivity index (χ1) is 11.6. The number of carbonyl (C=O) groups is 1. The van der Waals surface area contributed by atoms with Crippen LogP contribution in [0.1, 0.15) is 24.0 Å². The van der Waals surface area contributed by atoms with Gasteiger partial charge in [0.2, 0.25) is 0 Å². The summed E-state index contributed by atoms with van der Waals surface area (Å²) in [5, 5.41) is 19.2. The first kappa shape index (κ1) is 17.3. The zero-order valence-electron chi connectivity index (χ0n) is 12.8. The Morgan fingerprint density at radius 2 is 1.88 bits per heavy atom. The highest BCUT2D eigenvalue weighted by Crippen LogP contribution is 2.34. The summed E-state index contributed by atoms with van der Waals surface area (Å²) in [7, 11) is 0. The number of nitriles is 2. The van der Waals surface area contributed by atoms with Gasteiger partial charge in [0.1, 0.15) is 17.6 Å². The van der Waals surface area contributed by atoms with Crippen LogP contribution >= 0.6 is 11.6 Å². The van der Waals surface area contributed by atoms with Gasteiger partial charge in [0, 0.05) is 5.56 Å². The van der Waals surface area contributed by atoms with Gasteiger partial charge in [-0.1, -0.05) is 35.9 Å². The van der Waals surface area contributed by atoms with Crippen molar-refractivity contribution in [2.45, 2.75) is 12.8 Å². The van der Waals surface area contributed by atoms with Gasteiger partial charge in [-0.25, -0.2) is 0 Å². The van der Waals surface area contributed by atoms with Crippen LogP contribution in [0.4, 0.5) is 0 Å². The van der Waals surface area contributed by atoms with E-state index in [9.17, 15) is 15.3 Å². The molecule has 1 unspecified atom stereocenters. The topological polar surface area (TPSA) is 83.1 Å². The summed E-state index contributed by atoms with van der Waals surface area (Å²) in [6.07, 6.45) is 0. The molecule has 0 bridgehead atoms. The Labute approximate surface area is 144 Å². The summed E-state index contributed by atoms with van der Waals surface area (Å²) in [5.41, 5.74) is 0.333. The van der Waals surface area contributed by atoms with E-state index in [4.69, 9.17) is 21.1 Å². The molecular formula is C18H13ClN2O3. The molecule has 24 heavy (non-hydrogen) atoms. The van der Waals surface area contributed by atoms with Crippen molar-refractivity contribution in [3.05, 3.63) is 58.6 Å². The fourth-order valence-corrected chi connectivity index (χ4v) is 2.29. The van der Waals surface area contributed by atoms with Crippen LogP contribution in [-0.2, 0) is 9.53 Å². The molecule has 6 heteroatoms. The highest BCUT2D eigenvalue weighted by Gasteiger charge is 2.26. The van der Waals surface area contributed by atoms with E-state index in [1.54, 1.807) is 43.3 Å². The van der Waals surface area contributed by atoms with Crippen LogP contribution in [0.3, 0.4) is 0 Å². The SMILES string of the molecule is CCOC(=O)C(C#N)c1cccc(Oc2ccccc2Cl)c1C#N. The Kier molecular flexibility index (Phi) is 5.78. The van der Waals surface area contributed by atoms with Crippen LogP contribution in [0.15, 0.2) is 42.5 Å². The Morgan fingerprint density at radius 3 is 2.50 bits per heavy atom. The minimum Gasteiger partial charge on any atom is -0.465 e. The second kappa shape index (κ2) is 8.01. The van der Waals surface area contributed by atoms with Gasteiger partial charge in [-0.3, -0.25) is 4.79 Å². The summed E-state index contributed by atoms with van der Waals surface area (Å²) in [5.74, 6) is -1.31. The molecule has 120 valence electrons. The number of benzene rings is 2. The Hall–Kier alpha value is -3.02. The number of rotatable bonds is 5. The van der Waals surface area contributed by atoms with E-state index in [1.165, 1.54) is 6.07 Å². The molecule has 0 aliphatic heterocycles. The predicted molar refractivity (Wildman–Crippen MR) is 87.7 cm³/mol. The number of carbonyl (C=O) groups excluding carboxylic acids is 1. The van der Waals surface area contributed by atoms with E-state index in [0.29, 0.717) is 10.8 Å². The summed E-state index contributed by atoms with van der Waals surface area (Å²) in [6.45, 7) is 1.79. The van der Waals surface area contributed by atoms with Crippen molar-refractivity contribution >= 4 is 17.6 Å². The van der Waals surface area contributed by atoms with E-state index < -0.39 is 11.9 Å². The molecule has 0 saturated carbocycles. The van der Waals surface area contributed by atoms with E-state index >= 15 is 0 Å². The lowest BCUT2D eigenvalue weighted by molar-refractivity contribution is -0.143. The molecule has 2 rings (SSSR count). The normalized spacial score (nSPS) is 11.0. The van der Waals surface area contributed by atoms with Crippen molar-refractivity contribution < 1.29 is 14.3 Å². The molecule has 2 aromatic carbocycles. The maximum atomic E-state index is 12.0. The zero-order valence-corrected chi connectivity index (χ0v) is 13.6. The molecular weight excluding hydrogens is 328 g/mol. The maximum Gasteiger partial charge on any atom is 0.327 e. The van der Waals surface area contributed by atoms with Crippen LogP contribution in [-0.4, -0.2) is 12.6 Å². The number of esters is 1. The lowest BCUT2D eigenvalue weighted by atomic mass is 9.95. The molecule has 0 heterocycles. The van der Waals surface area contributed by atoms with E-state index in [0.717, 1.165) is 0 Å². The molecule has 0 spiro atoms. The number of ether oxygens (including phenoxy) is 2. The number of halogens is 1. The van der Waals surface area contributed by atoms with Crippen molar-refractivity contribution in [1.29, 1.82) is 10.5 Å². The second-order valence-corrected chi connectivity index (χ2v) is 5.09. The van der Waals surface area contributed by atoms with Crippen LogP contribution in [0.25, 0.3) is 0 Å². The van der Waals surface area contributed by atoms with Crippen molar-refractivity contribution in [3.8, 4) is 23.6 Å². The molecule has 1 atom stereocenters. The summed E-state index contributed by atoms with van der Waals surface area (Å²) >= 11 is 6.06. The zero-order chi connectivity index (χ0) is 17.5. The minimum atomic E-state index is -1.20. The summed E-state index contributed by atoms with van der Waals surface area (Å²) in [6, 6.07) is 15.4. The summed E-state index contributed by atoms with van der Waals surface area (Å²) < 4.78 is 10.6. The number of hydrogen-bond donors (Lipinski definition) is 0. The van der Waals surface area contributed by atoms with E-state index in [-0.39, 0.29) is 23.5 Å². The average Bonchev–Trinajstić information content (AvgIpc) is 2.58. The number of nitrogens with zero attached hydrogens (tertiary/aromatic N) is 2. The predicted octanol–water partition coefficient (Wildman–Crippen LogP) is 4.17. The minimum absolute atomic E-state index is 0.0945. The van der Waals surface area contributed by atoms with Crippen molar-refractivity contribution in [3.63, 3.8) is 0 Å². The van der Waals surface area contributed by atoms with Gasteiger partial charge < -0.3 is 9.47 Å². The lowest BCUT2D eigenvalue weighted by Gasteiger charge is -2.14. The second-order valence-electron chi connectivity index (χ2n) is 4.68. The lowest BCUT2D eigenvalue weighted by Crippen LogP contribution is -2.15. The molecule has 0 N–H and O–H groups in total. The van der Waals surface area contributed by atoms with Gasteiger partial charge in [0.25, 0.3) is 0 Å². The van der Waals surface area contributed by atoms with Crippen LogP contribution < -0.4 is 4.74 Å². The number of para-hydroxylation sites is 1. The first-order valence-corrected chi connectivity index (χ1v) is 7.51. The maximum absolute atomic E-state index is 12.0. The molecule has 0 fully saturated rings. The Bertz CT molecular complexity index is 837. The van der Waals surface area contributed by atoms with Crippen LogP contribution in [0, 0.1) is 22.7 Å². The van der Waals surface area contributed by atoms with Gasteiger partial charge in [0.05, 0.1) is 23.3 Å². The largest absolute Gasteiger partial charge is 0.465 e. The van der Waals surface area contributed by atoms with Gasteiger partial charge in [-0.15, -0.1) is 0 Å². The van der Waals surface area contributed by atoms with E-state index in [1.807, 2.05) is 12.1 Å². The molecule has 2 aromatic rings. The Balaban J connectivity index is 2.46. The quantitative estimate of drug-likeness (QED) is 0.762. The van der Waals surface area contributed by atoms with Gasteiger partial charge in [-0.2, -0.15) is 10.5 Å². The molecule has 0 aliphatic rings. The van der Waals surface area contributed by atoms with Crippen molar-refractivity contribution in [2.75, 3.05) is 6.61 Å². The van der Waals surface area contributed by atoms with E-state index in [2.05, 4.69) is 0 Å². The fourth-order valence-electron chi connectivity index (χ4n) is 2.11. The van der Waals surface area contributed by atoms with Crippen molar-refractivity contribution in [1.82, 2.24) is 0 Å². The summed E-state index contributed by atoms with van der Waals surface area (Å²) in [4.78, 5) is 12.0. The van der Waals surface area contributed by atoms with Gasteiger partial charge in [0.15, 0.2) is 5.92 Å². The molecule has 0 aliphatic carbocycles. The Morgan fingerprint density at radius 1 is 1.17 bits per heavy atom. The third-order valence-corrected chi connectivity index (χ3v) is 3.50. The molecule has 0 amide bonds. The first-order valence-electron chi connectivity index (χ1n) is 7.14. The smallest absolute Gasteiger partial charge is 0.327 e. The number of hydrogen-bond acceptors (Lipinski definition) is 5. The highest BCUT2D eigenvalue weighted by atomic mass is 35.5. The highest BCUT2D eigenvalue weighted by molar-refractivity contribution is 6.32. The third kappa shape index (κ3) is 3.65. The molecule has 0 saturated heterocycles. The molecule has 0 radical (unpaired) electrons. The monoisotopic (exact) mass is 340 g/mol. The van der Waals surface area contributed by atoms with Crippen LogP contribution in [0.5, 0.6) is 11.5 Å². The molecule has 0 aromatic heterocycles. The fraction of sp³-hybridized carbons (Fsp3) is 0.167. The van der Waals surface area contributed by atoms with Gasteiger partial charge >= 0.3 is 5.97 Å². The average molecular weight is 341 g/mol. The van der Waals surface area contributed by atoms with Gasteiger partial charge in [-0.05, 0) is 25.1 Å².